The molecule has 1 aliphatic carbocycles. The van der Waals surface area contributed by atoms with Gasteiger partial charge in [0.2, 0.25) is 0 Å². The molecule has 0 saturated heterocycles. The second kappa shape index (κ2) is 5.71. The highest BCUT2D eigenvalue weighted by atomic mass is 32.2. The minimum atomic E-state index is -4.31. The fourth-order valence-electron chi connectivity index (χ4n) is 2.47. The number of alkyl halides is 3. The van der Waals surface area contributed by atoms with Crippen molar-refractivity contribution in [2.45, 2.75) is 42.3 Å². The maximum Gasteiger partial charge on any atom is 0.417 e. The van der Waals surface area contributed by atoms with Crippen LogP contribution in [0, 0.1) is 5.92 Å². The fraction of sp³-hybridized carbons (Fsp3) is 0.615. The number of hydrogen-bond donors (Lipinski definition) is 1. The number of aromatic nitrogens is 1. The summed E-state index contributed by atoms with van der Waals surface area (Å²) in [5.74, 6) is 0.499. The zero-order valence-corrected chi connectivity index (χ0v) is 11.7. The van der Waals surface area contributed by atoms with Crippen LogP contribution in [0.1, 0.15) is 25.3 Å². The van der Waals surface area contributed by atoms with E-state index in [1.807, 2.05) is 7.05 Å². The first-order valence-electron chi connectivity index (χ1n) is 6.29. The van der Waals surface area contributed by atoms with Gasteiger partial charge in [0.1, 0.15) is 0 Å². The molecule has 1 aliphatic rings. The number of nitrogens with zero attached hydrogens (tertiary/aromatic N) is 1. The van der Waals surface area contributed by atoms with Gasteiger partial charge in [0.05, 0.1) is 10.6 Å². The summed E-state index contributed by atoms with van der Waals surface area (Å²) in [5.41, 5.74) is -0.690. The Morgan fingerprint density at radius 1 is 1.32 bits per heavy atom. The lowest BCUT2D eigenvalue weighted by Crippen LogP contribution is -2.30. The lowest BCUT2D eigenvalue weighted by molar-refractivity contribution is -0.137. The van der Waals surface area contributed by atoms with Gasteiger partial charge in [-0.25, -0.2) is 4.98 Å². The van der Waals surface area contributed by atoms with E-state index in [4.69, 9.17) is 0 Å². The number of pyridine rings is 1. The van der Waals surface area contributed by atoms with Gasteiger partial charge in [-0.15, -0.1) is 11.8 Å². The van der Waals surface area contributed by atoms with Gasteiger partial charge in [0.25, 0.3) is 0 Å². The molecule has 0 radical (unpaired) electrons. The maximum absolute atomic E-state index is 12.4. The van der Waals surface area contributed by atoms with Gasteiger partial charge in [0, 0.05) is 17.5 Å². The standard InChI is InChI=1S/C13H17F3N2S/c1-8-10(17-2)4-5-11(8)19-12-6-3-9(7-18-12)13(14,15)16/h3,6-8,10-11,17H,4-5H2,1-2H3. The van der Waals surface area contributed by atoms with Gasteiger partial charge in [-0.3, -0.25) is 0 Å². The van der Waals surface area contributed by atoms with Crippen molar-refractivity contribution < 1.29 is 13.2 Å². The van der Waals surface area contributed by atoms with Gasteiger partial charge in [0.15, 0.2) is 0 Å². The Hall–Kier alpha value is -0.750. The van der Waals surface area contributed by atoms with Crippen LogP contribution in [0.25, 0.3) is 0 Å². The Balaban J connectivity index is 2.01. The third-order valence-corrected chi connectivity index (χ3v) is 5.14. The molecule has 1 aromatic heterocycles. The van der Waals surface area contributed by atoms with E-state index in [1.165, 1.54) is 6.07 Å². The van der Waals surface area contributed by atoms with Gasteiger partial charge in [-0.2, -0.15) is 13.2 Å². The summed E-state index contributed by atoms with van der Waals surface area (Å²) in [6, 6.07) is 3.06. The molecule has 1 fully saturated rings. The summed E-state index contributed by atoms with van der Waals surface area (Å²) in [4.78, 5) is 3.92. The Bertz CT molecular complexity index is 419. The first-order chi connectivity index (χ1) is 8.91. The van der Waals surface area contributed by atoms with Crippen molar-refractivity contribution in [3.63, 3.8) is 0 Å². The average molecular weight is 290 g/mol. The first kappa shape index (κ1) is 14.7. The molecular formula is C13H17F3N2S. The van der Waals surface area contributed by atoms with Gasteiger partial charge in [-0.1, -0.05) is 6.92 Å². The summed E-state index contributed by atoms with van der Waals surface area (Å²) in [6.07, 6.45) is -1.22. The number of nitrogens with one attached hydrogen (secondary N) is 1. The van der Waals surface area contributed by atoms with E-state index in [-0.39, 0.29) is 0 Å². The minimum Gasteiger partial charge on any atom is -0.317 e. The topological polar surface area (TPSA) is 24.9 Å². The molecule has 0 aliphatic heterocycles. The largest absolute Gasteiger partial charge is 0.417 e. The van der Waals surface area contributed by atoms with Crippen LogP contribution in [0.3, 0.4) is 0 Å². The second-order valence-electron chi connectivity index (χ2n) is 4.87. The maximum atomic E-state index is 12.4. The van der Waals surface area contributed by atoms with E-state index in [0.717, 1.165) is 25.1 Å². The normalized spacial score (nSPS) is 27.7. The molecule has 3 unspecified atom stereocenters. The number of rotatable bonds is 3. The van der Waals surface area contributed by atoms with Crippen molar-refractivity contribution in [2.75, 3.05) is 7.05 Å². The minimum absolute atomic E-state index is 0.418. The average Bonchev–Trinajstić information content (AvgIpc) is 2.70. The monoisotopic (exact) mass is 290 g/mol. The Morgan fingerprint density at radius 2 is 2.05 bits per heavy atom. The molecule has 0 bridgehead atoms. The third-order valence-electron chi connectivity index (χ3n) is 3.69. The molecule has 2 rings (SSSR count). The van der Waals surface area contributed by atoms with Gasteiger partial charge >= 0.3 is 6.18 Å². The summed E-state index contributed by atoms with van der Waals surface area (Å²) in [7, 11) is 1.95. The van der Waals surface area contributed by atoms with Gasteiger partial charge < -0.3 is 5.32 Å². The molecule has 1 saturated carbocycles. The van der Waals surface area contributed by atoms with Crippen LogP contribution < -0.4 is 5.32 Å². The molecule has 2 nitrogen and oxygen atoms in total. The van der Waals surface area contributed by atoms with Crippen molar-refractivity contribution in [3.8, 4) is 0 Å². The Labute approximate surface area is 115 Å². The van der Waals surface area contributed by atoms with Crippen LogP contribution in [-0.2, 0) is 6.18 Å². The summed E-state index contributed by atoms with van der Waals surface area (Å²) in [5, 5.41) is 4.36. The lowest BCUT2D eigenvalue weighted by Gasteiger charge is -2.19. The van der Waals surface area contributed by atoms with E-state index < -0.39 is 11.7 Å². The number of thioether (sulfide) groups is 1. The van der Waals surface area contributed by atoms with Crippen molar-refractivity contribution in [2.24, 2.45) is 5.92 Å². The van der Waals surface area contributed by atoms with Gasteiger partial charge in [-0.05, 0) is 37.9 Å². The molecule has 19 heavy (non-hydrogen) atoms. The van der Waals surface area contributed by atoms with Crippen molar-refractivity contribution in [1.29, 1.82) is 0 Å². The number of halogens is 3. The lowest BCUT2D eigenvalue weighted by atomic mass is 10.1. The predicted octanol–water partition coefficient (Wildman–Crippen LogP) is 3.58. The molecule has 1 heterocycles. The third kappa shape index (κ3) is 3.42. The van der Waals surface area contributed by atoms with Crippen molar-refractivity contribution in [1.82, 2.24) is 10.3 Å². The van der Waals surface area contributed by atoms with Crippen molar-refractivity contribution in [3.05, 3.63) is 23.9 Å². The SMILES string of the molecule is CNC1CCC(Sc2ccc(C(F)(F)F)cn2)C1C. The molecule has 6 heteroatoms. The number of hydrogen-bond acceptors (Lipinski definition) is 3. The molecular weight excluding hydrogens is 273 g/mol. The first-order valence-corrected chi connectivity index (χ1v) is 7.17. The van der Waals surface area contributed by atoms with E-state index in [1.54, 1.807) is 11.8 Å². The van der Waals surface area contributed by atoms with Crippen LogP contribution in [0.4, 0.5) is 13.2 Å². The van der Waals surface area contributed by atoms with Crippen LogP contribution >= 0.6 is 11.8 Å². The Morgan fingerprint density at radius 3 is 2.53 bits per heavy atom. The highest BCUT2D eigenvalue weighted by molar-refractivity contribution is 7.99. The fourth-order valence-corrected chi connectivity index (χ4v) is 3.70. The van der Waals surface area contributed by atoms with E-state index in [2.05, 4.69) is 17.2 Å². The summed E-state index contributed by atoms with van der Waals surface area (Å²) >= 11 is 1.58. The highest BCUT2D eigenvalue weighted by Crippen LogP contribution is 2.38. The predicted molar refractivity (Wildman–Crippen MR) is 70.1 cm³/mol. The molecule has 0 aromatic carbocycles. The van der Waals surface area contributed by atoms with Crippen LogP contribution in [0.2, 0.25) is 0 Å². The van der Waals surface area contributed by atoms with E-state index >= 15 is 0 Å². The van der Waals surface area contributed by atoms with Crippen LogP contribution in [-0.4, -0.2) is 23.3 Å². The molecule has 3 atom stereocenters. The van der Waals surface area contributed by atoms with Crippen LogP contribution in [0.15, 0.2) is 23.4 Å². The zero-order valence-electron chi connectivity index (χ0n) is 10.9. The molecule has 1 aromatic rings. The van der Waals surface area contributed by atoms with E-state index in [9.17, 15) is 13.2 Å². The van der Waals surface area contributed by atoms with E-state index in [0.29, 0.717) is 22.2 Å². The summed E-state index contributed by atoms with van der Waals surface area (Å²) in [6.45, 7) is 2.18. The molecule has 0 spiro atoms. The molecule has 1 N–H and O–H groups in total. The second-order valence-corrected chi connectivity index (χ2v) is 6.13. The highest BCUT2D eigenvalue weighted by Gasteiger charge is 2.33. The summed E-state index contributed by atoms with van der Waals surface area (Å²) < 4.78 is 37.3. The molecule has 106 valence electrons. The smallest absolute Gasteiger partial charge is 0.317 e. The molecule has 0 amide bonds. The quantitative estimate of drug-likeness (QED) is 0.921. The van der Waals surface area contributed by atoms with Crippen molar-refractivity contribution >= 4 is 11.8 Å². The zero-order chi connectivity index (χ0) is 14.0. The Kier molecular flexibility index (Phi) is 4.40. The van der Waals surface area contributed by atoms with Crippen LogP contribution in [0.5, 0.6) is 0 Å².